The molecule has 0 spiro atoms. The van der Waals surface area contributed by atoms with Crippen molar-refractivity contribution in [1.82, 2.24) is 19.8 Å². The standard InChI is InChI=1S/C25H23F6N5O4/c1-3-18(25(29,30)31)32-23(38)15-12-36(20-16(27)10-13(26)11-17(20)28)22-14(21(15)37)4-5-19(33-22)34-6-8-35(9-7-34)24(39)40-2/h4-5,10-12,18H,3,6-9H2,1-2H3,(H,32,38)/t18-/m0/s1. The van der Waals surface area contributed by atoms with Gasteiger partial charge < -0.3 is 19.9 Å². The van der Waals surface area contributed by atoms with Gasteiger partial charge in [-0.3, -0.25) is 14.2 Å². The Morgan fingerprint density at radius 3 is 2.25 bits per heavy atom. The third-order valence-corrected chi connectivity index (χ3v) is 6.45. The van der Waals surface area contributed by atoms with Crippen LogP contribution in [0.4, 0.5) is 37.0 Å². The number of carbonyl (C=O) groups excluding carboxylic acids is 2. The van der Waals surface area contributed by atoms with Crippen LogP contribution in [0.5, 0.6) is 0 Å². The summed E-state index contributed by atoms with van der Waals surface area (Å²) in [7, 11) is 1.24. The third-order valence-electron chi connectivity index (χ3n) is 6.45. The molecular weight excluding hydrogens is 548 g/mol. The van der Waals surface area contributed by atoms with E-state index in [0.29, 0.717) is 22.9 Å². The minimum atomic E-state index is -4.82. The first-order valence-corrected chi connectivity index (χ1v) is 12.0. The van der Waals surface area contributed by atoms with Crippen LogP contribution in [0.25, 0.3) is 16.7 Å². The second-order valence-electron chi connectivity index (χ2n) is 8.92. The van der Waals surface area contributed by atoms with Crippen molar-refractivity contribution in [1.29, 1.82) is 0 Å². The molecule has 40 heavy (non-hydrogen) atoms. The van der Waals surface area contributed by atoms with Gasteiger partial charge in [-0.05, 0) is 18.6 Å². The molecule has 2 amide bonds. The molecule has 214 valence electrons. The molecule has 1 saturated heterocycles. The van der Waals surface area contributed by atoms with E-state index in [0.717, 1.165) is 0 Å². The molecule has 0 unspecified atom stereocenters. The van der Waals surface area contributed by atoms with Crippen molar-refractivity contribution in [2.24, 2.45) is 0 Å². The number of nitrogens with one attached hydrogen (secondary N) is 1. The van der Waals surface area contributed by atoms with Crippen LogP contribution in [0.15, 0.2) is 35.3 Å². The average molecular weight is 571 g/mol. The molecule has 0 saturated carbocycles. The van der Waals surface area contributed by atoms with Gasteiger partial charge in [0, 0.05) is 44.5 Å². The molecule has 9 nitrogen and oxygen atoms in total. The van der Waals surface area contributed by atoms with Gasteiger partial charge in [-0.15, -0.1) is 0 Å². The molecular formula is C25H23F6N5O4. The molecule has 1 aliphatic heterocycles. The van der Waals surface area contributed by atoms with E-state index in [-0.39, 0.29) is 43.0 Å². The number of piperazine rings is 1. The highest BCUT2D eigenvalue weighted by atomic mass is 19.4. The molecule has 15 heteroatoms. The molecule has 1 N–H and O–H groups in total. The number of hydrogen-bond donors (Lipinski definition) is 1. The Bertz CT molecular complexity index is 1500. The summed E-state index contributed by atoms with van der Waals surface area (Å²) in [5, 5.41) is 1.40. The van der Waals surface area contributed by atoms with Crippen molar-refractivity contribution in [2.45, 2.75) is 25.6 Å². The first-order valence-electron chi connectivity index (χ1n) is 12.0. The van der Waals surface area contributed by atoms with Crippen LogP contribution >= 0.6 is 0 Å². The Morgan fingerprint density at radius 1 is 1.07 bits per heavy atom. The normalized spacial score (nSPS) is 14.8. The Kier molecular flexibility index (Phi) is 7.93. The highest BCUT2D eigenvalue weighted by Gasteiger charge is 2.40. The maximum absolute atomic E-state index is 14.9. The van der Waals surface area contributed by atoms with Crippen molar-refractivity contribution in [3.63, 3.8) is 0 Å². The summed E-state index contributed by atoms with van der Waals surface area (Å²) < 4.78 is 88.6. The number of pyridine rings is 2. The van der Waals surface area contributed by atoms with Crippen LogP contribution < -0.4 is 15.6 Å². The fourth-order valence-electron chi connectivity index (χ4n) is 4.36. The number of amides is 2. The predicted octanol–water partition coefficient (Wildman–Crippen LogP) is 3.76. The molecule has 1 aliphatic rings. The minimum absolute atomic E-state index is 0.244. The summed E-state index contributed by atoms with van der Waals surface area (Å²) in [6.45, 7) is 2.27. The Hall–Kier alpha value is -4.30. The summed E-state index contributed by atoms with van der Waals surface area (Å²) in [6, 6.07) is 1.07. The van der Waals surface area contributed by atoms with Gasteiger partial charge in [-0.25, -0.2) is 22.9 Å². The van der Waals surface area contributed by atoms with Crippen LogP contribution in [0.3, 0.4) is 0 Å². The van der Waals surface area contributed by atoms with Gasteiger partial charge in [0.05, 0.1) is 12.5 Å². The maximum atomic E-state index is 14.9. The zero-order valence-corrected chi connectivity index (χ0v) is 21.2. The third kappa shape index (κ3) is 5.53. The molecule has 1 aromatic carbocycles. The van der Waals surface area contributed by atoms with E-state index in [1.165, 1.54) is 31.1 Å². The summed E-state index contributed by atoms with van der Waals surface area (Å²) in [5.41, 5.74) is -3.09. The highest BCUT2D eigenvalue weighted by molar-refractivity contribution is 5.97. The van der Waals surface area contributed by atoms with Crippen LogP contribution in [0.1, 0.15) is 23.7 Å². The molecule has 1 fully saturated rings. The van der Waals surface area contributed by atoms with E-state index < -0.39 is 64.8 Å². The number of rotatable bonds is 5. The Morgan fingerprint density at radius 2 is 1.70 bits per heavy atom. The van der Waals surface area contributed by atoms with E-state index >= 15 is 0 Å². The molecule has 0 bridgehead atoms. The molecule has 4 rings (SSSR count). The monoisotopic (exact) mass is 571 g/mol. The smallest absolute Gasteiger partial charge is 0.409 e. The van der Waals surface area contributed by atoms with Gasteiger partial charge in [0.1, 0.15) is 28.9 Å². The van der Waals surface area contributed by atoms with Crippen molar-refractivity contribution < 1.29 is 40.7 Å². The molecule has 2 aromatic heterocycles. The first-order chi connectivity index (χ1) is 18.8. The number of aromatic nitrogens is 2. The number of anilines is 1. The Balaban J connectivity index is 1.86. The summed E-state index contributed by atoms with van der Waals surface area (Å²) in [6.07, 6.45) is -5.20. The van der Waals surface area contributed by atoms with Gasteiger partial charge in [0.25, 0.3) is 5.91 Å². The van der Waals surface area contributed by atoms with Crippen molar-refractivity contribution in [3.05, 3.63) is 63.7 Å². The molecule has 0 aliphatic carbocycles. The maximum Gasteiger partial charge on any atom is 0.409 e. The summed E-state index contributed by atoms with van der Waals surface area (Å²) in [5.74, 6) is -5.23. The van der Waals surface area contributed by atoms with E-state index in [2.05, 4.69) is 4.98 Å². The summed E-state index contributed by atoms with van der Waals surface area (Å²) >= 11 is 0. The number of alkyl halides is 3. The average Bonchev–Trinajstić information content (AvgIpc) is 2.91. The fourth-order valence-corrected chi connectivity index (χ4v) is 4.36. The number of ether oxygens (including phenoxy) is 1. The van der Waals surface area contributed by atoms with Gasteiger partial charge in [-0.2, -0.15) is 13.2 Å². The van der Waals surface area contributed by atoms with Crippen molar-refractivity contribution >= 4 is 28.9 Å². The lowest BCUT2D eigenvalue weighted by atomic mass is 10.1. The Labute approximate surface area is 222 Å². The van der Waals surface area contributed by atoms with Gasteiger partial charge in [-0.1, -0.05) is 6.92 Å². The zero-order chi connectivity index (χ0) is 29.4. The molecule has 0 radical (unpaired) electrons. The topological polar surface area (TPSA) is 96.8 Å². The van der Waals surface area contributed by atoms with Crippen molar-refractivity contribution in [3.8, 4) is 5.69 Å². The largest absolute Gasteiger partial charge is 0.453 e. The lowest BCUT2D eigenvalue weighted by molar-refractivity contribution is -0.153. The van der Waals surface area contributed by atoms with Crippen molar-refractivity contribution in [2.75, 3.05) is 38.2 Å². The number of benzene rings is 1. The van der Waals surface area contributed by atoms with Gasteiger partial charge >= 0.3 is 12.3 Å². The molecule has 3 aromatic rings. The number of halogens is 6. The SMILES string of the molecule is CC[C@H](NC(=O)c1cn(-c2c(F)cc(F)cc2F)c2nc(N3CCN(C(=O)OC)CC3)ccc2c1=O)C(F)(F)F. The number of nitrogens with zero attached hydrogens (tertiary/aromatic N) is 4. The lowest BCUT2D eigenvalue weighted by Crippen LogP contribution is -2.49. The number of fused-ring (bicyclic) bond motifs is 1. The van der Waals surface area contributed by atoms with E-state index in [9.17, 15) is 40.7 Å². The second-order valence-corrected chi connectivity index (χ2v) is 8.92. The minimum Gasteiger partial charge on any atom is -0.453 e. The number of carbonyl (C=O) groups is 2. The fraction of sp³-hybridized carbons (Fsp3) is 0.360. The lowest BCUT2D eigenvalue weighted by Gasteiger charge is -2.34. The number of methoxy groups -OCH3 is 1. The summed E-state index contributed by atoms with van der Waals surface area (Å²) in [4.78, 5) is 45.4. The zero-order valence-electron chi connectivity index (χ0n) is 21.2. The van der Waals surface area contributed by atoms with Crippen LogP contribution in [0, 0.1) is 17.5 Å². The second kappa shape index (κ2) is 11.1. The van der Waals surface area contributed by atoms with E-state index in [1.54, 1.807) is 10.2 Å². The van der Waals surface area contributed by atoms with Crippen LogP contribution in [0.2, 0.25) is 0 Å². The highest BCUT2D eigenvalue weighted by Crippen LogP contribution is 2.26. The van der Waals surface area contributed by atoms with Gasteiger partial charge in [0.2, 0.25) is 5.43 Å². The van der Waals surface area contributed by atoms with Gasteiger partial charge in [0.15, 0.2) is 17.3 Å². The quantitative estimate of drug-likeness (QED) is 0.469. The first kappa shape index (κ1) is 28.7. The number of hydrogen-bond acceptors (Lipinski definition) is 6. The molecule has 1 atom stereocenters. The van der Waals surface area contributed by atoms with E-state index in [4.69, 9.17) is 4.74 Å². The predicted molar refractivity (Wildman–Crippen MR) is 131 cm³/mol. The molecule has 3 heterocycles. The van der Waals surface area contributed by atoms with E-state index in [1.807, 2.05) is 0 Å². The van der Waals surface area contributed by atoms with Crippen LogP contribution in [-0.2, 0) is 4.74 Å². The van der Waals surface area contributed by atoms with Crippen LogP contribution in [-0.4, -0.2) is 72.0 Å².